The van der Waals surface area contributed by atoms with Gasteiger partial charge in [-0.25, -0.2) is 4.39 Å². The average Bonchev–Trinajstić information content (AvgIpc) is 2.65. The molecular formula is C11H12FN3. The minimum absolute atomic E-state index is 0.214. The van der Waals surface area contributed by atoms with Crippen molar-refractivity contribution >= 4 is 5.69 Å². The van der Waals surface area contributed by atoms with Crippen LogP contribution in [0.25, 0.3) is 0 Å². The number of nitrogens with zero attached hydrogens (tertiary/aromatic N) is 2. The van der Waals surface area contributed by atoms with Gasteiger partial charge in [0.05, 0.1) is 18.4 Å². The van der Waals surface area contributed by atoms with E-state index >= 15 is 0 Å². The fourth-order valence-electron chi connectivity index (χ4n) is 1.40. The first kappa shape index (κ1) is 9.71. The van der Waals surface area contributed by atoms with Gasteiger partial charge in [0.25, 0.3) is 0 Å². The molecule has 1 aromatic carbocycles. The molecule has 0 unspecified atom stereocenters. The number of rotatable bonds is 3. The highest BCUT2D eigenvalue weighted by Gasteiger charge is 1.99. The molecule has 78 valence electrons. The normalized spacial score (nSPS) is 10.3. The van der Waals surface area contributed by atoms with Crippen molar-refractivity contribution in [1.29, 1.82) is 0 Å². The number of hydrogen-bond acceptors (Lipinski definition) is 2. The van der Waals surface area contributed by atoms with Crippen molar-refractivity contribution in [3.05, 3.63) is 48.0 Å². The molecule has 0 aliphatic rings. The predicted octanol–water partition coefficient (Wildman–Crippen LogP) is 2.11. The molecule has 0 saturated heterocycles. The third kappa shape index (κ3) is 2.34. The van der Waals surface area contributed by atoms with Crippen LogP contribution >= 0.6 is 0 Å². The smallest absolute Gasteiger partial charge is 0.123 e. The van der Waals surface area contributed by atoms with Crippen molar-refractivity contribution in [3.8, 4) is 0 Å². The fourth-order valence-corrected chi connectivity index (χ4v) is 1.40. The SMILES string of the molecule is CNc1cnn(Cc2cccc(F)c2)c1. The predicted molar refractivity (Wildman–Crippen MR) is 57.3 cm³/mol. The van der Waals surface area contributed by atoms with E-state index in [1.54, 1.807) is 16.9 Å². The van der Waals surface area contributed by atoms with E-state index in [9.17, 15) is 4.39 Å². The number of anilines is 1. The molecule has 1 aromatic heterocycles. The fraction of sp³-hybridized carbons (Fsp3) is 0.182. The summed E-state index contributed by atoms with van der Waals surface area (Å²) in [6.45, 7) is 0.583. The van der Waals surface area contributed by atoms with Crippen molar-refractivity contribution in [2.24, 2.45) is 0 Å². The van der Waals surface area contributed by atoms with Crippen LogP contribution < -0.4 is 5.32 Å². The van der Waals surface area contributed by atoms with E-state index in [1.165, 1.54) is 12.1 Å². The van der Waals surface area contributed by atoms with Crippen LogP contribution in [0.5, 0.6) is 0 Å². The van der Waals surface area contributed by atoms with Gasteiger partial charge in [0, 0.05) is 13.2 Å². The van der Waals surface area contributed by atoms with Crippen LogP contribution in [0.4, 0.5) is 10.1 Å². The molecule has 3 nitrogen and oxygen atoms in total. The summed E-state index contributed by atoms with van der Waals surface area (Å²) in [7, 11) is 1.84. The molecule has 0 fully saturated rings. The van der Waals surface area contributed by atoms with Crippen LogP contribution in [0.1, 0.15) is 5.56 Å². The van der Waals surface area contributed by atoms with Gasteiger partial charge < -0.3 is 5.32 Å². The van der Waals surface area contributed by atoms with E-state index in [2.05, 4.69) is 10.4 Å². The Kier molecular flexibility index (Phi) is 2.67. The summed E-state index contributed by atoms with van der Waals surface area (Å²) in [4.78, 5) is 0. The minimum atomic E-state index is -0.214. The lowest BCUT2D eigenvalue weighted by Gasteiger charge is -2.01. The highest BCUT2D eigenvalue weighted by Crippen LogP contribution is 2.08. The quantitative estimate of drug-likeness (QED) is 0.831. The maximum absolute atomic E-state index is 12.9. The Balaban J connectivity index is 2.14. The zero-order valence-electron chi connectivity index (χ0n) is 8.44. The van der Waals surface area contributed by atoms with Gasteiger partial charge in [-0.3, -0.25) is 4.68 Å². The molecule has 0 aliphatic heterocycles. The second-order valence-electron chi connectivity index (χ2n) is 3.31. The van der Waals surface area contributed by atoms with Crippen LogP contribution in [-0.4, -0.2) is 16.8 Å². The Labute approximate surface area is 87.5 Å². The van der Waals surface area contributed by atoms with Crippen LogP contribution in [-0.2, 0) is 6.54 Å². The average molecular weight is 205 g/mol. The van der Waals surface area contributed by atoms with E-state index in [4.69, 9.17) is 0 Å². The lowest BCUT2D eigenvalue weighted by Crippen LogP contribution is -2.00. The third-order valence-electron chi connectivity index (χ3n) is 2.16. The van der Waals surface area contributed by atoms with E-state index in [1.807, 2.05) is 19.3 Å². The second-order valence-corrected chi connectivity index (χ2v) is 3.31. The van der Waals surface area contributed by atoms with Gasteiger partial charge in [-0.05, 0) is 17.7 Å². The maximum atomic E-state index is 12.9. The van der Waals surface area contributed by atoms with Gasteiger partial charge >= 0.3 is 0 Å². The van der Waals surface area contributed by atoms with Gasteiger partial charge in [0.1, 0.15) is 5.82 Å². The van der Waals surface area contributed by atoms with E-state index < -0.39 is 0 Å². The third-order valence-corrected chi connectivity index (χ3v) is 2.16. The zero-order chi connectivity index (χ0) is 10.7. The molecule has 4 heteroatoms. The van der Waals surface area contributed by atoms with Crippen LogP contribution in [0.15, 0.2) is 36.7 Å². The topological polar surface area (TPSA) is 29.9 Å². The first-order valence-corrected chi connectivity index (χ1v) is 4.72. The molecular weight excluding hydrogens is 193 g/mol. The molecule has 0 amide bonds. The Morgan fingerprint density at radius 3 is 3.00 bits per heavy atom. The van der Waals surface area contributed by atoms with E-state index in [0.29, 0.717) is 6.54 Å². The first-order chi connectivity index (χ1) is 7.28. The number of nitrogens with one attached hydrogen (secondary N) is 1. The van der Waals surface area contributed by atoms with E-state index in [0.717, 1.165) is 11.3 Å². The summed E-state index contributed by atoms with van der Waals surface area (Å²) < 4.78 is 14.7. The number of halogens is 1. The van der Waals surface area contributed by atoms with Crippen molar-refractivity contribution in [3.63, 3.8) is 0 Å². The Bertz CT molecular complexity index is 451. The second kappa shape index (κ2) is 4.13. The molecule has 0 saturated carbocycles. The standard InChI is InChI=1S/C11H12FN3/c1-13-11-6-14-15(8-11)7-9-3-2-4-10(12)5-9/h2-6,8,13H,7H2,1H3. The molecule has 0 bridgehead atoms. The van der Waals surface area contributed by atoms with Crippen molar-refractivity contribution < 1.29 is 4.39 Å². The summed E-state index contributed by atoms with van der Waals surface area (Å²) in [5.74, 6) is -0.214. The molecule has 1 N–H and O–H groups in total. The molecule has 2 rings (SSSR count). The van der Waals surface area contributed by atoms with Gasteiger partial charge in [-0.15, -0.1) is 0 Å². The van der Waals surface area contributed by atoms with Gasteiger partial charge in [0.15, 0.2) is 0 Å². The highest BCUT2D eigenvalue weighted by molar-refractivity contribution is 5.37. The summed E-state index contributed by atoms with van der Waals surface area (Å²) in [6.07, 6.45) is 3.62. The highest BCUT2D eigenvalue weighted by atomic mass is 19.1. The number of aromatic nitrogens is 2. The monoisotopic (exact) mass is 205 g/mol. The number of hydrogen-bond donors (Lipinski definition) is 1. The lowest BCUT2D eigenvalue weighted by molar-refractivity contribution is 0.619. The van der Waals surface area contributed by atoms with Crippen LogP contribution in [0.3, 0.4) is 0 Å². The Morgan fingerprint density at radius 2 is 2.33 bits per heavy atom. The molecule has 0 radical (unpaired) electrons. The van der Waals surface area contributed by atoms with Gasteiger partial charge in [-0.1, -0.05) is 12.1 Å². The molecule has 0 atom stereocenters. The van der Waals surface area contributed by atoms with Crippen LogP contribution in [0.2, 0.25) is 0 Å². The summed E-state index contributed by atoms with van der Waals surface area (Å²) in [5, 5.41) is 7.13. The molecule has 0 aliphatic carbocycles. The van der Waals surface area contributed by atoms with E-state index in [-0.39, 0.29) is 5.82 Å². The zero-order valence-corrected chi connectivity index (χ0v) is 8.44. The van der Waals surface area contributed by atoms with Crippen molar-refractivity contribution in [2.75, 3.05) is 12.4 Å². The number of benzene rings is 1. The molecule has 15 heavy (non-hydrogen) atoms. The van der Waals surface area contributed by atoms with Crippen molar-refractivity contribution in [1.82, 2.24) is 9.78 Å². The maximum Gasteiger partial charge on any atom is 0.123 e. The largest absolute Gasteiger partial charge is 0.386 e. The Hall–Kier alpha value is -1.84. The molecule has 2 aromatic rings. The summed E-state index contributed by atoms with van der Waals surface area (Å²) in [6, 6.07) is 6.53. The summed E-state index contributed by atoms with van der Waals surface area (Å²) in [5.41, 5.74) is 1.85. The van der Waals surface area contributed by atoms with Gasteiger partial charge in [-0.2, -0.15) is 5.10 Å². The molecule has 1 heterocycles. The molecule has 0 spiro atoms. The van der Waals surface area contributed by atoms with Crippen LogP contribution in [0, 0.1) is 5.82 Å². The minimum Gasteiger partial charge on any atom is -0.386 e. The lowest BCUT2D eigenvalue weighted by atomic mass is 10.2. The van der Waals surface area contributed by atoms with Gasteiger partial charge in [0.2, 0.25) is 0 Å². The van der Waals surface area contributed by atoms with Crippen molar-refractivity contribution in [2.45, 2.75) is 6.54 Å². The summed E-state index contributed by atoms with van der Waals surface area (Å²) >= 11 is 0. The Morgan fingerprint density at radius 1 is 1.47 bits per heavy atom. The first-order valence-electron chi connectivity index (χ1n) is 4.72.